The second kappa shape index (κ2) is 9.16. The Morgan fingerprint density at radius 3 is 2.85 bits per heavy atom. The molecule has 0 spiro atoms. The van der Waals surface area contributed by atoms with Crippen molar-refractivity contribution in [2.45, 2.75) is 38.0 Å². The highest BCUT2D eigenvalue weighted by atomic mass is 35.5. The Labute approximate surface area is 168 Å². The summed E-state index contributed by atoms with van der Waals surface area (Å²) in [6.07, 6.45) is 4.39. The van der Waals surface area contributed by atoms with Gasteiger partial charge in [-0.2, -0.15) is 0 Å². The summed E-state index contributed by atoms with van der Waals surface area (Å²) in [4.78, 5) is 6.94. The number of halogens is 1. The Morgan fingerprint density at radius 2 is 2.19 bits per heavy atom. The summed E-state index contributed by atoms with van der Waals surface area (Å²) in [6.45, 7) is 6.74. The number of nitrogens with one attached hydrogen (secondary N) is 1. The molecule has 2 aliphatic heterocycles. The second-order valence-corrected chi connectivity index (χ2v) is 8.27. The van der Waals surface area contributed by atoms with Crippen LogP contribution in [-0.2, 0) is 10.2 Å². The van der Waals surface area contributed by atoms with E-state index in [0.29, 0.717) is 5.92 Å². The largest absolute Gasteiger partial charge is 0.496 e. The number of nitrogens with zero attached hydrogens (tertiary/aromatic N) is 2. The second-order valence-electron chi connectivity index (χ2n) is 7.83. The molecule has 0 aromatic heterocycles. The monoisotopic (exact) mass is 393 g/mol. The summed E-state index contributed by atoms with van der Waals surface area (Å²) < 4.78 is 11.3. The standard InChI is InChI=1S/C21H32ClN3O2/c1-16-5-4-10-25(14-16)20(23-2)24-15-21(8-11-27-12-9-21)18-13-17(22)6-7-19(18)26-3/h6-7,13,16H,4-5,8-12,14-15H2,1-3H3,(H,23,24). The van der Waals surface area contributed by atoms with Gasteiger partial charge in [-0.25, -0.2) is 0 Å². The van der Waals surface area contributed by atoms with Crippen molar-refractivity contribution in [1.82, 2.24) is 10.2 Å². The lowest BCUT2D eigenvalue weighted by Gasteiger charge is -2.40. The summed E-state index contributed by atoms with van der Waals surface area (Å²) in [5.41, 5.74) is 1.09. The minimum atomic E-state index is -0.0775. The molecule has 1 unspecified atom stereocenters. The molecule has 1 aromatic rings. The van der Waals surface area contributed by atoms with E-state index in [9.17, 15) is 0 Å². The summed E-state index contributed by atoms with van der Waals surface area (Å²) in [6, 6.07) is 5.91. The van der Waals surface area contributed by atoms with Crippen LogP contribution in [-0.4, -0.2) is 57.9 Å². The number of methoxy groups -OCH3 is 1. The zero-order valence-corrected chi connectivity index (χ0v) is 17.5. The number of benzene rings is 1. The number of guanidine groups is 1. The van der Waals surface area contributed by atoms with Gasteiger partial charge in [-0.15, -0.1) is 0 Å². The number of ether oxygens (including phenoxy) is 2. The van der Waals surface area contributed by atoms with Crippen molar-refractivity contribution in [3.8, 4) is 5.75 Å². The normalized spacial score (nSPS) is 23.2. The van der Waals surface area contributed by atoms with Gasteiger partial charge in [-0.3, -0.25) is 4.99 Å². The molecule has 0 aliphatic carbocycles. The van der Waals surface area contributed by atoms with Gasteiger partial charge in [0, 0.05) is 55.9 Å². The van der Waals surface area contributed by atoms with Crippen LogP contribution in [0.5, 0.6) is 5.75 Å². The van der Waals surface area contributed by atoms with Crippen LogP contribution in [0.3, 0.4) is 0 Å². The van der Waals surface area contributed by atoms with E-state index in [-0.39, 0.29) is 5.41 Å². The van der Waals surface area contributed by atoms with Gasteiger partial charge in [0.1, 0.15) is 5.75 Å². The van der Waals surface area contributed by atoms with Crippen molar-refractivity contribution >= 4 is 17.6 Å². The Hall–Kier alpha value is -1.46. The van der Waals surface area contributed by atoms with Crippen LogP contribution in [0.2, 0.25) is 5.02 Å². The lowest BCUT2D eigenvalue weighted by Crippen LogP contribution is -2.51. The fourth-order valence-corrected chi connectivity index (χ4v) is 4.53. The molecule has 3 rings (SSSR count). The van der Waals surface area contributed by atoms with Crippen LogP contribution in [0.1, 0.15) is 38.2 Å². The zero-order chi connectivity index (χ0) is 19.3. The maximum atomic E-state index is 6.34. The third-order valence-corrected chi connectivity index (χ3v) is 6.17. The van der Waals surface area contributed by atoms with E-state index in [2.05, 4.69) is 28.2 Å². The predicted molar refractivity (Wildman–Crippen MR) is 111 cm³/mol. The smallest absolute Gasteiger partial charge is 0.193 e. The van der Waals surface area contributed by atoms with Gasteiger partial charge in [0.15, 0.2) is 5.96 Å². The van der Waals surface area contributed by atoms with Gasteiger partial charge in [-0.05, 0) is 49.8 Å². The Balaban J connectivity index is 1.82. The first-order chi connectivity index (χ1) is 13.1. The third-order valence-electron chi connectivity index (χ3n) is 5.94. The summed E-state index contributed by atoms with van der Waals surface area (Å²) >= 11 is 6.34. The van der Waals surface area contributed by atoms with Gasteiger partial charge in [0.2, 0.25) is 0 Å². The Morgan fingerprint density at radius 1 is 1.41 bits per heavy atom. The van der Waals surface area contributed by atoms with Crippen molar-refractivity contribution in [3.05, 3.63) is 28.8 Å². The van der Waals surface area contributed by atoms with E-state index in [1.54, 1.807) is 7.11 Å². The topological polar surface area (TPSA) is 46.1 Å². The fraction of sp³-hybridized carbons (Fsp3) is 0.667. The van der Waals surface area contributed by atoms with E-state index in [1.807, 2.05) is 19.2 Å². The lowest BCUT2D eigenvalue weighted by molar-refractivity contribution is 0.0502. The van der Waals surface area contributed by atoms with Crippen LogP contribution in [0.4, 0.5) is 0 Å². The third kappa shape index (κ3) is 4.69. The SMILES string of the molecule is CN=C(NCC1(c2cc(Cl)ccc2OC)CCOCC1)N1CCCC(C)C1. The highest BCUT2D eigenvalue weighted by Gasteiger charge is 2.37. The first-order valence-electron chi connectivity index (χ1n) is 9.95. The van der Waals surface area contributed by atoms with Crippen molar-refractivity contribution in [1.29, 1.82) is 0 Å². The molecule has 150 valence electrons. The summed E-state index contributed by atoms with van der Waals surface area (Å²) in [7, 11) is 3.60. The van der Waals surface area contributed by atoms with Crippen molar-refractivity contribution in [2.75, 3.05) is 47.0 Å². The quantitative estimate of drug-likeness (QED) is 0.625. The zero-order valence-electron chi connectivity index (χ0n) is 16.8. The minimum absolute atomic E-state index is 0.0775. The van der Waals surface area contributed by atoms with E-state index in [1.165, 1.54) is 12.8 Å². The van der Waals surface area contributed by atoms with E-state index < -0.39 is 0 Å². The van der Waals surface area contributed by atoms with Crippen molar-refractivity contribution < 1.29 is 9.47 Å². The maximum absolute atomic E-state index is 6.34. The van der Waals surface area contributed by atoms with Gasteiger partial charge < -0.3 is 19.7 Å². The number of rotatable bonds is 4. The van der Waals surface area contributed by atoms with Crippen LogP contribution in [0.15, 0.2) is 23.2 Å². The summed E-state index contributed by atoms with van der Waals surface area (Å²) in [5, 5.41) is 4.40. The predicted octanol–water partition coefficient (Wildman–Crippen LogP) is 3.70. The number of piperidine rings is 1. The minimum Gasteiger partial charge on any atom is -0.496 e. The highest BCUT2D eigenvalue weighted by Crippen LogP contribution is 2.40. The molecule has 0 bridgehead atoms. The van der Waals surface area contributed by atoms with Gasteiger partial charge >= 0.3 is 0 Å². The number of likely N-dealkylation sites (tertiary alicyclic amines) is 1. The van der Waals surface area contributed by atoms with Crippen molar-refractivity contribution in [2.24, 2.45) is 10.9 Å². The van der Waals surface area contributed by atoms with E-state index in [4.69, 9.17) is 21.1 Å². The molecular weight excluding hydrogens is 362 g/mol. The average molecular weight is 394 g/mol. The molecule has 0 amide bonds. The van der Waals surface area contributed by atoms with Crippen LogP contribution >= 0.6 is 11.6 Å². The number of hydrogen-bond acceptors (Lipinski definition) is 3. The number of hydrogen-bond donors (Lipinski definition) is 1. The molecule has 27 heavy (non-hydrogen) atoms. The first-order valence-corrected chi connectivity index (χ1v) is 10.3. The van der Waals surface area contributed by atoms with Crippen LogP contribution in [0.25, 0.3) is 0 Å². The molecule has 2 heterocycles. The number of aliphatic imine (C=N–C) groups is 1. The van der Waals surface area contributed by atoms with Gasteiger partial charge in [0.25, 0.3) is 0 Å². The molecule has 1 N–H and O–H groups in total. The van der Waals surface area contributed by atoms with E-state index >= 15 is 0 Å². The summed E-state index contributed by atoms with van der Waals surface area (Å²) in [5.74, 6) is 2.60. The average Bonchev–Trinajstić information content (AvgIpc) is 2.69. The van der Waals surface area contributed by atoms with Gasteiger partial charge in [-0.1, -0.05) is 18.5 Å². The van der Waals surface area contributed by atoms with E-state index in [0.717, 1.165) is 68.0 Å². The van der Waals surface area contributed by atoms with Crippen LogP contribution < -0.4 is 10.1 Å². The lowest BCUT2D eigenvalue weighted by atomic mass is 9.73. The molecule has 2 fully saturated rings. The Bertz CT molecular complexity index is 659. The molecule has 0 radical (unpaired) electrons. The molecule has 6 heteroatoms. The molecule has 1 aromatic carbocycles. The molecule has 1 atom stereocenters. The maximum Gasteiger partial charge on any atom is 0.193 e. The molecule has 2 aliphatic rings. The first kappa shape index (κ1) is 20.3. The molecule has 5 nitrogen and oxygen atoms in total. The fourth-order valence-electron chi connectivity index (χ4n) is 4.36. The molecule has 2 saturated heterocycles. The van der Waals surface area contributed by atoms with Crippen LogP contribution in [0, 0.1) is 5.92 Å². The molecule has 0 saturated carbocycles. The molecular formula is C21H32ClN3O2. The highest BCUT2D eigenvalue weighted by molar-refractivity contribution is 6.30. The van der Waals surface area contributed by atoms with Crippen molar-refractivity contribution in [3.63, 3.8) is 0 Å². The van der Waals surface area contributed by atoms with Gasteiger partial charge in [0.05, 0.1) is 7.11 Å². The Kier molecular flexibility index (Phi) is 6.88.